The summed E-state index contributed by atoms with van der Waals surface area (Å²) >= 11 is 2.72. The fourth-order valence-corrected chi connectivity index (χ4v) is 3.41. The van der Waals surface area contributed by atoms with E-state index in [1.807, 2.05) is 60.9 Å². The van der Waals surface area contributed by atoms with Crippen molar-refractivity contribution in [1.82, 2.24) is 0 Å². The van der Waals surface area contributed by atoms with Gasteiger partial charge in [0.2, 0.25) is 0 Å². The molecule has 1 aromatic heterocycles. The van der Waals surface area contributed by atoms with Crippen LogP contribution in [0, 0.1) is 0 Å². The molecule has 0 saturated carbocycles. The zero-order valence-electron chi connectivity index (χ0n) is 14.0. The Balaban J connectivity index is 1.66. The number of hydrogen-bond donors (Lipinski definition) is 3. The van der Waals surface area contributed by atoms with Gasteiger partial charge in [0, 0.05) is 28.7 Å². The number of carbonyl (C=O) groups is 2. The average Bonchev–Trinajstić information content (AvgIpc) is 3.14. The maximum atomic E-state index is 12.4. The van der Waals surface area contributed by atoms with Crippen LogP contribution < -0.4 is 15.4 Å². The third-order valence-electron chi connectivity index (χ3n) is 3.46. The van der Waals surface area contributed by atoms with Crippen molar-refractivity contribution in [2.45, 2.75) is 0 Å². The monoisotopic (exact) mass is 383 g/mol. The number of thiophene rings is 1. The predicted molar refractivity (Wildman–Crippen MR) is 110 cm³/mol. The van der Waals surface area contributed by atoms with Crippen LogP contribution in [0.4, 0.5) is 17.1 Å². The molecule has 0 radical (unpaired) electrons. The number of nitrogens with one attached hydrogen (secondary N) is 3. The molecule has 3 N–H and O–H groups in total. The lowest BCUT2D eigenvalue weighted by Gasteiger charge is -2.07. The van der Waals surface area contributed by atoms with Gasteiger partial charge in [0.1, 0.15) is 0 Å². The van der Waals surface area contributed by atoms with Gasteiger partial charge in [-0.2, -0.15) is 0 Å². The molecule has 0 aliphatic carbocycles. The van der Waals surface area contributed by atoms with Crippen molar-refractivity contribution >= 4 is 52.2 Å². The minimum Gasteiger partial charge on any atom is -0.330 e. The highest BCUT2D eigenvalue weighted by molar-refractivity contribution is 7.99. The van der Waals surface area contributed by atoms with Crippen molar-refractivity contribution in [2.24, 2.45) is 0 Å². The second-order valence-electron chi connectivity index (χ2n) is 5.36. The molecule has 3 aromatic rings. The summed E-state index contributed by atoms with van der Waals surface area (Å²) in [7, 11) is 0. The molecule has 0 aliphatic rings. The maximum Gasteiger partial charge on any atom is 0.265 e. The number of rotatable bonds is 6. The molecule has 3 rings (SSSR count). The van der Waals surface area contributed by atoms with E-state index >= 15 is 0 Å². The zero-order valence-corrected chi connectivity index (χ0v) is 15.6. The summed E-state index contributed by atoms with van der Waals surface area (Å²) in [6.07, 6.45) is 1.93. The van der Waals surface area contributed by atoms with Gasteiger partial charge in [0.15, 0.2) is 0 Å². The van der Waals surface area contributed by atoms with E-state index in [-0.39, 0.29) is 11.8 Å². The minimum absolute atomic E-state index is 0.238. The van der Waals surface area contributed by atoms with Gasteiger partial charge in [-0.15, -0.1) is 11.3 Å². The van der Waals surface area contributed by atoms with Crippen molar-refractivity contribution in [1.29, 1.82) is 0 Å². The van der Waals surface area contributed by atoms with Crippen LogP contribution in [0.15, 0.2) is 66.0 Å². The SMILES string of the molecule is CSNc1cccc(NC(=O)c2cc(C(=O)Nc3ccccc3)cs2)c1. The highest BCUT2D eigenvalue weighted by Crippen LogP contribution is 2.21. The van der Waals surface area contributed by atoms with Crippen LogP contribution in [0.5, 0.6) is 0 Å². The van der Waals surface area contributed by atoms with Crippen molar-refractivity contribution in [3.8, 4) is 0 Å². The van der Waals surface area contributed by atoms with Gasteiger partial charge >= 0.3 is 0 Å². The summed E-state index contributed by atoms with van der Waals surface area (Å²) in [6.45, 7) is 0. The predicted octanol–water partition coefficient (Wildman–Crippen LogP) is 4.94. The highest BCUT2D eigenvalue weighted by Gasteiger charge is 2.14. The summed E-state index contributed by atoms with van der Waals surface area (Å²) in [6, 6.07) is 18.3. The van der Waals surface area contributed by atoms with Gasteiger partial charge in [-0.25, -0.2) is 0 Å². The van der Waals surface area contributed by atoms with E-state index in [9.17, 15) is 9.59 Å². The second-order valence-corrected chi connectivity index (χ2v) is 6.88. The van der Waals surface area contributed by atoms with E-state index in [2.05, 4.69) is 15.4 Å². The Labute approximate surface area is 160 Å². The minimum atomic E-state index is -0.241. The van der Waals surface area contributed by atoms with Gasteiger partial charge in [0.05, 0.1) is 10.4 Å². The van der Waals surface area contributed by atoms with Crippen LogP contribution in [-0.4, -0.2) is 18.1 Å². The van der Waals surface area contributed by atoms with Crippen LogP contribution >= 0.6 is 23.3 Å². The maximum absolute atomic E-state index is 12.4. The Hall–Kier alpha value is -2.77. The lowest BCUT2D eigenvalue weighted by molar-refractivity contribution is 0.102. The first kappa shape index (κ1) is 18.0. The first-order valence-electron chi connectivity index (χ1n) is 7.81. The third-order valence-corrected chi connectivity index (χ3v) is 4.83. The summed E-state index contributed by atoms with van der Waals surface area (Å²) in [4.78, 5) is 25.2. The first-order chi connectivity index (χ1) is 12.7. The number of benzene rings is 2. The fraction of sp³-hybridized carbons (Fsp3) is 0.0526. The average molecular weight is 383 g/mol. The van der Waals surface area contributed by atoms with E-state index in [4.69, 9.17) is 0 Å². The molecule has 2 amide bonds. The van der Waals surface area contributed by atoms with Gasteiger partial charge in [0.25, 0.3) is 11.8 Å². The number of carbonyl (C=O) groups excluding carboxylic acids is 2. The Morgan fingerprint density at radius 2 is 1.54 bits per heavy atom. The molecule has 0 bridgehead atoms. The zero-order chi connectivity index (χ0) is 18.4. The highest BCUT2D eigenvalue weighted by atomic mass is 32.2. The number of hydrogen-bond acceptors (Lipinski definition) is 5. The first-order valence-corrected chi connectivity index (χ1v) is 9.91. The largest absolute Gasteiger partial charge is 0.330 e. The van der Waals surface area contributed by atoms with E-state index in [0.29, 0.717) is 21.8 Å². The number of anilines is 3. The second kappa shape index (κ2) is 8.55. The Kier molecular flexibility index (Phi) is 5.93. The fourth-order valence-electron chi connectivity index (χ4n) is 2.27. The summed E-state index contributed by atoms with van der Waals surface area (Å²) in [5.41, 5.74) is 2.77. The Morgan fingerprint density at radius 3 is 2.31 bits per heavy atom. The van der Waals surface area contributed by atoms with Gasteiger partial charge in [-0.05, 0) is 36.4 Å². The topological polar surface area (TPSA) is 70.2 Å². The van der Waals surface area contributed by atoms with E-state index in [1.165, 1.54) is 23.3 Å². The summed E-state index contributed by atoms with van der Waals surface area (Å²) in [5.74, 6) is -0.479. The molecule has 2 aromatic carbocycles. The normalized spacial score (nSPS) is 10.2. The Morgan fingerprint density at radius 1 is 0.846 bits per heavy atom. The summed E-state index contributed by atoms with van der Waals surface area (Å²) in [5, 5.41) is 7.34. The molecule has 0 atom stereocenters. The van der Waals surface area contributed by atoms with Gasteiger partial charge < -0.3 is 15.4 Å². The van der Waals surface area contributed by atoms with E-state index < -0.39 is 0 Å². The number of para-hydroxylation sites is 1. The van der Waals surface area contributed by atoms with Crippen LogP contribution in [0.3, 0.4) is 0 Å². The molecule has 0 fully saturated rings. The van der Waals surface area contributed by atoms with Gasteiger partial charge in [-0.1, -0.05) is 36.2 Å². The van der Waals surface area contributed by atoms with E-state index in [0.717, 1.165) is 5.69 Å². The quantitative estimate of drug-likeness (QED) is 0.527. The van der Waals surface area contributed by atoms with Crippen molar-refractivity contribution in [2.75, 3.05) is 21.6 Å². The molecule has 0 saturated heterocycles. The molecule has 5 nitrogen and oxygen atoms in total. The third kappa shape index (κ3) is 4.65. The number of amides is 2. The lowest BCUT2D eigenvalue weighted by Crippen LogP contribution is -2.12. The van der Waals surface area contributed by atoms with Crippen LogP contribution in [0.1, 0.15) is 20.0 Å². The Bertz CT molecular complexity index is 910. The molecule has 0 aliphatic heterocycles. The lowest BCUT2D eigenvalue weighted by atomic mass is 10.2. The van der Waals surface area contributed by atoms with Gasteiger partial charge in [-0.3, -0.25) is 9.59 Å². The molecular weight excluding hydrogens is 366 g/mol. The standard InChI is InChI=1S/C19H17N3O2S2/c1-25-22-16-9-5-8-15(11-16)21-19(24)17-10-13(12-26-17)18(23)20-14-6-3-2-4-7-14/h2-12,22H,1H3,(H,20,23)(H,21,24). The van der Waals surface area contributed by atoms with Crippen molar-refractivity contribution < 1.29 is 9.59 Å². The molecule has 7 heteroatoms. The van der Waals surface area contributed by atoms with Crippen LogP contribution in [0.2, 0.25) is 0 Å². The smallest absolute Gasteiger partial charge is 0.265 e. The van der Waals surface area contributed by atoms with E-state index in [1.54, 1.807) is 11.4 Å². The molecule has 0 spiro atoms. The van der Waals surface area contributed by atoms with Crippen molar-refractivity contribution in [3.05, 3.63) is 76.5 Å². The molecular formula is C19H17N3O2S2. The van der Waals surface area contributed by atoms with Crippen LogP contribution in [-0.2, 0) is 0 Å². The molecule has 1 heterocycles. The molecule has 132 valence electrons. The summed E-state index contributed by atoms with van der Waals surface area (Å²) < 4.78 is 3.12. The molecule has 0 unspecified atom stereocenters. The van der Waals surface area contributed by atoms with Crippen LogP contribution in [0.25, 0.3) is 0 Å². The van der Waals surface area contributed by atoms with Crippen molar-refractivity contribution in [3.63, 3.8) is 0 Å². The molecule has 26 heavy (non-hydrogen) atoms.